The van der Waals surface area contributed by atoms with E-state index in [2.05, 4.69) is 15.9 Å². The zero-order valence-electron chi connectivity index (χ0n) is 7.74. The van der Waals surface area contributed by atoms with Gasteiger partial charge in [-0.3, -0.25) is 4.79 Å². The van der Waals surface area contributed by atoms with E-state index in [1.807, 2.05) is 0 Å². The molecule has 1 unspecified atom stereocenters. The van der Waals surface area contributed by atoms with E-state index in [1.54, 1.807) is 12.1 Å². The molecule has 0 fully saturated rings. The predicted octanol–water partition coefficient (Wildman–Crippen LogP) is 3.13. The van der Waals surface area contributed by atoms with Crippen LogP contribution in [-0.2, 0) is 9.53 Å². The predicted molar refractivity (Wildman–Crippen MR) is 56.7 cm³/mol. The Morgan fingerprint density at radius 3 is 2.93 bits per heavy atom. The molecular weight excluding hydrogens is 263 g/mol. The Morgan fingerprint density at radius 1 is 1.47 bits per heavy atom. The van der Waals surface area contributed by atoms with Crippen LogP contribution in [0.25, 0.3) is 0 Å². The number of carbonyl (C=O) groups excluding carboxylic acids is 1. The van der Waals surface area contributed by atoms with Gasteiger partial charge in [0.2, 0.25) is 0 Å². The zero-order chi connectivity index (χ0) is 10.8. The van der Waals surface area contributed by atoms with E-state index < -0.39 is 6.10 Å². The third-order valence-corrected chi connectivity index (χ3v) is 2.69. The lowest BCUT2D eigenvalue weighted by molar-refractivity contribution is -0.118. The normalized spacial score (nSPS) is 20.1. The first-order chi connectivity index (χ1) is 7.16. The zero-order valence-corrected chi connectivity index (χ0v) is 9.33. The molecule has 1 aromatic rings. The topological polar surface area (TPSA) is 26.3 Å². The van der Waals surface area contributed by atoms with Gasteiger partial charge in [-0.15, -0.1) is 0 Å². The Bertz CT molecular complexity index is 429. The third-order valence-electron chi connectivity index (χ3n) is 2.19. The first-order valence-electron chi connectivity index (χ1n) is 4.46. The molecule has 15 heavy (non-hydrogen) atoms. The maximum Gasteiger partial charge on any atom is 0.162 e. The SMILES string of the molecule is O=C1C=COC(c2ccc(Br)cc2F)C1. The Kier molecular flexibility index (Phi) is 2.86. The highest BCUT2D eigenvalue weighted by Crippen LogP contribution is 2.28. The molecule has 1 aromatic carbocycles. The smallest absolute Gasteiger partial charge is 0.162 e. The van der Waals surface area contributed by atoms with Crippen LogP contribution in [0.4, 0.5) is 4.39 Å². The first-order valence-corrected chi connectivity index (χ1v) is 5.26. The van der Waals surface area contributed by atoms with Gasteiger partial charge in [0.05, 0.1) is 12.7 Å². The Balaban J connectivity index is 2.30. The van der Waals surface area contributed by atoms with E-state index >= 15 is 0 Å². The van der Waals surface area contributed by atoms with Crippen LogP contribution >= 0.6 is 15.9 Å². The highest BCUT2D eigenvalue weighted by Gasteiger charge is 2.21. The summed E-state index contributed by atoms with van der Waals surface area (Å²) < 4.78 is 19.4. The number of carbonyl (C=O) groups is 1. The summed E-state index contributed by atoms with van der Waals surface area (Å²) in [6, 6.07) is 4.71. The lowest BCUT2D eigenvalue weighted by atomic mass is 10.0. The molecule has 78 valence electrons. The largest absolute Gasteiger partial charge is 0.493 e. The molecule has 0 amide bonds. The molecule has 0 radical (unpaired) electrons. The number of hydrogen-bond acceptors (Lipinski definition) is 2. The summed E-state index contributed by atoms with van der Waals surface area (Å²) in [4.78, 5) is 11.1. The molecule has 0 saturated carbocycles. The van der Waals surface area contributed by atoms with Gasteiger partial charge in [-0.05, 0) is 12.1 Å². The van der Waals surface area contributed by atoms with Gasteiger partial charge < -0.3 is 4.74 Å². The van der Waals surface area contributed by atoms with Crippen LogP contribution < -0.4 is 0 Å². The molecule has 0 aromatic heterocycles. The number of ketones is 1. The minimum absolute atomic E-state index is 0.0476. The fraction of sp³-hybridized carbons (Fsp3) is 0.182. The molecule has 4 heteroatoms. The summed E-state index contributed by atoms with van der Waals surface area (Å²) in [7, 11) is 0. The van der Waals surface area contributed by atoms with Gasteiger partial charge in [0, 0.05) is 16.1 Å². The van der Waals surface area contributed by atoms with Crippen molar-refractivity contribution in [2.75, 3.05) is 0 Å². The van der Waals surface area contributed by atoms with Crippen LogP contribution in [0.3, 0.4) is 0 Å². The van der Waals surface area contributed by atoms with E-state index in [1.165, 1.54) is 18.4 Å². The molecule has 0 aliphatic carbocycles. The number of ether oxygens (including phenoxy) is 1. The molecule has 2 rings (SSSR count). The van der Waals surface area contributed by atoms with Crippen molar-refractivity contribution in [3.05, 3.63) is 46.4 Å². The van der Waals surface area contributed by atoms with Crippen molar-refractivity contribution in [2.24, 2.45) is 0 Å². The fourth-order valence-corrected chi connectivity index (χ4v) is 1.79. The van der Waals surface area contributed by atoms with Crippen molar-refractivity contribution >= 4 is 21.7 Å². The molecule has 1 heterocycles. The summed E-state index contributed by atoms with van der Waals surface area (Å²) in [5.41, 5.74) is 0.413. The monoisotopic (exact) mass is 270 g/mol. The van der Waals surface area contributed by atoms with Gasteiger partial charge in [-0.2, -0.15) is 0 Å². The molecule has 1 aliphatic rings. The van der Waals surface area contributed by atoms with Crippen molar-refractivity contribution in [3.63, 3.8) is 0 Å². The minimum Gasteiger partial charge on any atom is -0.493 e. The third kappa shape index (κ3) is 2.26. The molecule has 0 saturated heterocycles. The van der Waals surface area contributed by atoms with Crippen LogP contribution in [-0.4, -0.2) is 5.78 Å². The molecular formula is C11H8BrFO2. The van der Waals surface area contributed by atoms with Crippen molar-refractivity contribution in [1.82, 2.24) is 0 Å². The van der Waals surface area contributed by atoms with Crippen LogP contribution in [0.1, 0.15) is 18.1 Å². The van der Waals surface area contributed by atoms with Crippen LogP contribution in [0.5, 0.6) is 0 Å². The average molecular weight is 271 g/mol. The number of hydrogen-bond donors (Lipinski definition) is 0. The maximum absolute atomic E-state index is 13.5. The van der Waals surface area contributed by atoms with E-state index in [9.17, 15) is 9.18 Å². The molecule has 1 aliphatic heterocycles. The summed E-state index contributed by atoms with van der Waals surface area (Å²) >= 11 is 3.17. The minimum atomic E-state index is -0.504. The van der Waals surface area contributed by atoms with Crippen LogP contribution in [0, 0.1) is 5.82 Å². The van der Waals surface area contributed by atoms with E-state index in [-0.39, 0.29) is 18.0 Å². The van der Waals surface area contributed by atoms with Crippen molar-refractivity contribution < 1.29 is 13.9 Å². The van der Waals surface area contributed by atoms with Gasteiger partial charge in [-0.1, -0.05) is 22.0 Å². The Morgan fingerprint density at radius 2 is 2.27 bits per heavy atom. The first kappa shape index (κ1) is 10.4. The van der Waals surface area contributed by atoms with Crippen LogP contribution in [0.15, 0.2) is 35.0 Å². The molecule has 2 nitrogen and oxygen atoms in total. The second-order valence-corrected chi connectivity index (χ2v) is 4.18. The lowest BCUT2D eigenvalue weighted by Crippen LogP contribution is -2.12. The second-order valence-electron chi connectivity index (χ2n) is 3.26. The number of rotatable bonds is 1. The number of halogens is 2. The molecule has 1 atom stereocenters. The Hall–Kier alpha value is -1.16. The number of allylic oxidation sites excluding steroid dienone is 1. The van der Waals surface area contributed by atoms with E-state index in [0.717, 1.165) is 0 Å². The highest BCUT2D eigenvalue weighted by molar-refractivity contribution is 9.10. The molecule has 0 spiro atoms. The summed E-state index contributed by atoms with van der Waals surface area (Å²) in [5.74, 6) is -0.411. The standard InChI is InChI=1S/C11H8BrFO2/c12-7-1-2-9(10(13)5-7)11-6-8(14)3-4-15-11/h1-5,11H,6H2. The molecule has 0 N–H and O–H groups in total. The number of benzene rings is 1. The van der Waals surface area contributed by atoms with Crippen molar-refractivity contribution in [2.45, 2.75) is 12.5 Å². The fourth-order valence-electron chi connectivity index (χ4n) is 1.45. The summed E-state index contributed by atoms with van der Waals surface area (Å²) in [6.45, 7) is 0. The van der Waals surface area contributed by atoms with E-state index in [4.69, 9.17) is 4.74 Å². The summed E-state index contributed by atoms with van der Waals surface area (Å²) in [5, 5.41) is 0. The van der Waals surface area contributed by atoms with Gasteiger partial charge in [0.1, 0.15) is 11.9 Å². The van der Waals surface area contributed by atoms with Gasteiger partial charge in [0.15, 0.2) is 5.78 Å². The lowest BCUT2D eigenvalue weighted by Gasteiger charge is -2.19. The molecule has 0 bridgehead atoms. The van der Waals surface area contributed by atoms with Crippen molar-refractivity contribution in [1.29, 1.82) is 0 Å². The highest BCUT2D eigenvalue weighted by atomic mass is 79.9. The Labute approximate surface area is 94.9 Å². The average Bonchev–Trinajstić information content (AvgIpc) is 2.17. The van der Waals surface area contributed by atoms with Crippen LogP contribution in [0.2, 0.25) is 0 Å². The quantitative estimate of drug-likeness (QED) is 0.784. The van der Waals surface area contributed by atoms with Gasteiger partial charge in [-0.25, -0.2) is 4.39 Å². The van der Waals surface area contributed by atoms with Crippen molar-refractivity contribution in [3.8, 4) is 0 Å². The summed E-state index contributed by atoms with van der Waals surface area (Å²) in [6.07, 6.45) is 2.36. The van der Waals surface area contributed by atoms with Gasteiger partial charge >= 0.3 is 0 Å². The van der Waals surface area contributed by atoms with Gasteiger partial charge in [0.25, 0.3) is 0 Å². The second kappa shape index (κ2) is 4.14. The van der Waals surface area contributed by atoms with E-state index in [0.29, 0.717) is 10.0 Å². The maximum atomic E-state index is 13.5.